The minimum absolute atomic E-state index is 0.00502. The number of nitrogens with zero attached hydrogens (tertiary/aromatic N) is 2. The van der Waals surface area contributed by atoms with Crippen molar-refractivity contribution in [2.45, 2.75) is 32.4 Å². The second-order valence-corrected chi connectivity index (χ2v) is 6.73. The fourth-order valence-corrected chi connectivity index (χ4v) is 3.76. The Labute approximate surface area is 143 Å². The lowest BCUT2D eigenvalue weighted by Crippen LogP contribution is -2.51. The highest BCUT2D eigenvalue weighted by Crippen LogP contribution is 2.39. The molecule has 1 atom stereocenters. The van der Waals surface area contributed by atoms with Crippen LogP contribution in [-0.4, -0.2) is 25.2 Å². The first-order valence-corrected chi connectivity index (χ1v) is 8.69. The molecule has 0 radical (unpaired) electrons. The van der Waals surface area contributed by atoms with Crippen LogP contribution in [0.5, 0.6) is 0 Å². The Morgan fingerprint density at radius 3 is 2.67 bits per heavy atom. The number of fused-ring (bicyclic) bond motifs is 3. The number of hydrogen-bond donors (Lipinski definition) is 1. The fourth-order valence-electron chi connectivity index (χ4n) is 3.76. The largest absolute Gasteiger partial charge is 0.365 e. The molecule has 2 heterocycles. The van der Waals surface area contributed by atoms with E-state index in [0.717, 1.165) is 30.8 Å². The van der Waals surface area contributed by atoms with E-state index in [2.05, 4.69) is 59.6 Å². The van der Waals surface area contributed by atoms with Gasteiger partial charge in [0, 0.05) is 25.7 Å². The van der Waals surface area contributed by atoms with Crippen LogP contribution in [0.25, 0.3) is 0 Å². The predicted octanol–water partition coefficient (Wildman–Crippen LogP) is 3.69. The number of urea groups is 1. The Morgan fingerprint density at radius 1 is 1.12 bits per heavy atom. The van der Waals surface area contributed by atoms with Crippen LogP contribution in [0.1, 0.15) is 24.0 Å². The molecular formula is C20H23N3O. The molecule has 2 aliphatic heterocycles. The summed E-state index contributed by atoms with van der Waals surface area (Å²) >= 11 is 0. The van der Waals surface area contributed by atoms with Crippen molar-refractivity contribution in [3.63, 3.8) is 0 Å². The van der Waals surface area contributed by atoms with Crippen LogP contribution in [0.3, 0.4) is 0 Å². The molecular weight excluding hydrogens is 298 g/mol. The summed E-state index contributed by atoms with van der Waals surface area (Å²) in [5.74, 6) is 0. The quantitative estimate of drug-likeness (QED) is 0.915. The van der Waals surface area contributed by atoms with Crippen LogP contribution in [0.4, 0.5) is 16.2 Å². The second kappa shape index (κ2) is 6.19. The van der Waals surface area contributed by atoms with Gasteiger partial charge < -0.3 is 10.2 Å². The molecule has 2 aromatic carbocycles. The number of anilines is 2. The Bertz CT molecular complexity index is 741. The van der Waals surface area contributed by atoms with Gasteiger partial charge in [-0.05, 0) is 37.5 Å². The number of para-hydroxylation sites is 2. The molecule has 0 spiro atoms. The van der Waals surface area contributed by atoms with Gasteiger partial charge in [-0.2, -0.15) is 0 Å². The Kier molecular flexibility index (Phi) is 3.89. The summed E-state index contributed by atoms with van der Waals surface area (Å²) in [4.78, 5) is 17.2. The van der Waals surface area contributed by atoms with Crippen LogP contribution < -0.4 is 15.1 Å². The fraction of sp³-hybridized carbons (Fsp3) is 0.350. The van der Waals surface area contributed by atoms with E-state index >= 15 is 0 Å². The SMILES string of the molecule is Cc1ccc(CNC(=O)N2CC3CCCN3c3ccccc32)cc1. The molecule has 2 aromatic rings. The van der Waals surface area contributed by atoms with E-state index in [1.807, 2.05) is 11.0 Å². The lowest BCUT2D eigenvalue weighted by molar-refractivity contribution is 0.245. The Hall–Kier alpha value is -2.49. The highest BCUT2D eigenvalue weighted by Gasteiger charge is 2.35. The molecule has 4 rings (SSSR count). The Balaban J connectivity index is 1.51. The Morgan fingerprint density at radius 2 is 1.88 bits per heavy atom. The van der Waals surface area contributed by atoms with Crippen molar-refractivity contribution in [1.29, 1.82) is 0 Å². The van der Waals surface area contributed by atoms with E-state index in [1.165, 1.54) is 17.7 Å². The van der Waals surface area contributed by atoms with Gasteiger partial charge in [0.05, 0.1) is 11.4 Å². The minimum atomic E-state index is -0.00502. The number of amides is 2. The monoisotopic (exact) mass is 321 g/mol. The molecule has 2 amide bonds. The zero-order chi connectivity index (χ0) is 16.5. The molecule has 1 N–H and O–H groups in total. The van der Waals surface area contributed by atoms with Crippen LogP contribution in [0.2, 0.25) is 0 Å². The minimum Gasteiger partial charge on any atom is -0.365 e. The number of benzene rings is 2. The zero-order valence-corrected chi connectivity index (χ0v) is 14.0. The van der Waals surface area contributed by atoms with E-state index in [0.29, 0.717) is 12.6 Å². The number of nitrogens with one attached hydrogen (secondary N) is 1. The maximum Gasteiger partial charge on any atom is 0.322 e. The molecule has 0 aromatic heterocycles. The van der Waals surface area contributed by atoms with E-state index in [1.54, 1.807) is 0 Å². The van der Waals surface area contributed by atoms with Crippen molar-refractivity contribution in [1.82, 2.24) is 5.32 Å². The normalized spacial score (nSPS) is 19.0. The van der Waals surface area contributed by atoms with E-state index in [4.69, 9.17) is 0 Å². The van der Waals surface area contributed by atoms with Crippen molar-refractivity contribution >= 4 is 17.4 Å². The molecule has 1 fully saturated rings. The van der Waals surface area contributed by atoms with Crippen LogP contribution in [0, 0.1) is 6.92 Å². The summed E-state index contributed by atoms with van der Waals surface area (Å²) in [7, 11) is 0. The summed E-state index contributed by atoms with van der Waals surface area (Å²) < 4.78 is 0. The lowest BCUT2D eigenvalue weighted by Gasteiger charge is -2.40. The van der Waals surface area contributed by atoms with Crippen molar-refractivity contribution in [3.05, 3.63) is 59.7 Å². The lowest BCUT2D eigenvalue weighted by atomic mass is 10.1. The average Bonchev–Trinajstić information content (AvgIpc) is 3.09. The molecule has 124 valence electrons. The molecule has 4 heteroatoms. The smallest absolute Gasteiger partial charge is 0.322 e. The van der Waals surface area contributed by atoms with Gasteiger partial charge in [0.25, 0.3) is 0 Å². The number of carbonyl (C=O) groups excluding carboxylic acids is 1. The predicted molar refractivity (Wildman–Crippen MR) is 97.6 cm³/mol. The topological polar surface area (TPSA) is 35.6 Å². The van der Waals surface area contributed by atoms with E-state index in [9.17, 15) is 4.79 Å². The third-order valence-electron chi connectivity index (χ3n) is 5.06. The first kappa shape index (κ1) is 15.1. The third kappa shape index (κ3) is 2.73. The number of aryl methyl sites for hydroxylation is 1. The van der Waals surface area contributed by atoms with Crippen molar-refractivity contribution in [2.24, 2.45) is 0 Å². The third-order valence-corrected chi connectivity index (χ3v) is 5.06. The average molecular weight is 321 g/mol. The number of hydrogen-bond acceptors (Lipinski definition) is 2. The summed E-state index contributed by atoms with van der Waals surface area (Å²) in [6, 6.07) is 17.0. The molecule has 0 bridgehead atoms. The molecule has 1 saturated heterocycles. The van der Waals surface area contributed by atoms with Crippen LogP contribution in [-0.2, 0) is 6.54 Å². The van der Waals surface area contributed by atoms with E-state index < -0.39 is 0 Å². The molecule has 0 saturated carbocycles. The standard InChI is InChI=1S/C20H23N3O/c1-15-8-10-16(11-9-15)13-21-20(24)23-14-17-5-4-12-22(17)18-6-2-3-7-19(18)23/h2-3,6-11,17H,4-5,12-14H2,1H3,(H,21,24). The maximum absolute atomic E-state index is 12.8. The second-order valence-electron chi connectivity index (χ2n) is 6.73. The van der Waals surface area contributed by atoms with Crippen LogP contribution >= 0.6 is 0 Å². The van der Waals surface area contributed by atoms with Crippen molar-refractivity contribution in [3.8, 4) is 0 Å². The summed E-state index contributed by atoms with van der Waals surface area (Å²) in [6.45, 7) is 4.50. The summed E-state index contributed by atoms with van der Waals surface area (Å²) in [5, 5.41) is 3.08. The molecule has 0 aliphatic carbocycles. The zero-order valence-electron chi connectivity index (χ0n) is 14.0. The van der Waals surface area contributed by atoms with Gasteiger partial charge in [0.15, 0.2) is 0 Å². The molecule has 4 nitrogen and oxygen atoms in total. The van der Waals surface area contributed by atoms with Gasteiger partial charge >= 0.3 is 6.03 Å². The summed E-state index contributed by atoms with van der Waals surface area (Å²) in [5.41, 5.74) is 4.58. The van der Waals surface area contributed by atoms with Crippen LogP contribution in [0.15, 0.2) is 48.5 Å². The van der Waals surface area contributed by atoms with Gasteiger partial charge in [0.1, 0.15) is 0 Å². The number of carbonyl (C=O) groups is 1. The van der Waals surface area contributed by atoms with Gasteiger partial charge in [-0.3, -0.25) is 4.90 Å². The van der Waals surface area contributed by atoms with E-state index in [-0.39, 0.29) is 6.03 Å². The maximum atomic E-state index is 12.8. The highest BCUT2D eigenvalue weighted by molar-refractivity contribution is 5.97. The van der Waals surface area contributed by atoms with Gasteiger partial charge in [-0.25, -0.2) is 4.79 Å². The van der Waals surface area contributed by atoms with Crippen molar-refractivity contribution < 1.29 is 4.79 Å². The molecule has 1 unspecified atom stereocenters. The number of rotatable bonds is 2. The highest BCUT2D eigenvalue weighted by atomic mass is 16.2. The summed E-state index contributed by atoms with van der Waals surface area (Å²) in [6.07, 6.45) is 2.37. The van der Waals surface area contributed by atoms with Crippen molar-refractivity contribution in [2.75, 3.05) is 22.9 Å². The molecule has 2 aliphatic rings. The molecule has 24 heavy (non-hydrogen) atoms. The van der Waals surface area contributed by atoms with Gasteiger partial charge in [0.2, 0.25) is 0 Å². The first-order valence-electron chi connectivity index (χ1n) is 8.69. The van der Waals surface area contributed by atoms with Gasteiger partial charge in [-0.1, -0.05) is 42.0 Å². The first-order chi connectivity index (χ1) is 11.7. The van der Waals surface area contributed by atoms with Gasteiger partial charge in [-0.15, -0.1) is 0 Å².